The molecule has 0 aromatic carbocycles. The zero-order chi connectivity index (χ0) is 21.7. The van der Waals surface area contributed by atoms with Gasteiger partial charge in [0.1, 0.15) is 0 Å². The predicted molar refractivity (Wildman–Crippen MR) is 132 cm³/mol. The molecule has 0 spiro atoms. The van der Waals surface area contributed by atoms with Crippen LogP contribution in [-0.2, 0) is 9.53 Å². The van der Waals surface area contributed by atoms with Crippen molar-refractivity contribution in [2.24, 2.45) is 4.99 Å². The van der Waals surface area contributed by atoms with Crippen molar-refractivity contribution < 1.29 is 14.6 Å². The molecule has 0 bridgehead atoms. The Hall–Kier alpha value is -0.100. The van der Waals surface area contributed by atoms with E-state index in [1.165, 1.54) is 102 Å². The maximum atomic E-state index is 10.5. The molecule has 1 heterocycles. The van der Waals surface area contributed by atoms with Gasteiger partial charge in [0.15, 0.2) is 0 Å². The van der Waals surface area contributed by atoms with Gasteiger partial charge in [-0.15, -0.1) is 0 Å². The van der Waals surface area contributed by atoms with E-state index < -0.39 is 5.97 Å². The average molecular weight is 448 g/mol. The number of aliphatic imine (C=N–C) groups is 1. The topological polar surface area (TPSA) is 62.1 Å². The zero-order valence-electron chi connectivity index (χ0n) is 20.7. The van der Waals surface area contributed by atoms with Crippen molar-refractivity contribution in [2.75, 3.05) is 32.8 Å². The molecule has 31 heavy (non-hydrogen) atoms. The number of ether oxygens (including phenoxy) is 1. The molecule has 6 heteroatoms. The van der Waals surface area contributed by atoms with Crippen LogP contribution in [0.5, 0.6) is 0 Å². The Morgan fingerprint density at radius 2 is 1.39 bits per heavy atom. The summed E-state index contributed by atoms with van der Waals surface area (Å²) in [6.07, 6.45) is 22.1. The first kappa shape index (κ1) is 30.9. The first-order valence-electron chi connectivity index (χ1n) is 12.8. The number of rotatable bonds is 22. The van der Waals surface area contributed by atoms with Crippen molar-refractivity contribution in [3.05, 3.63) is 0 Å². The van der Waals surface area contributed by atoms with Crippen LogP contribution in [0.15, 0.2) is 4.99 Å². The van der Waals surface area contributed by atoms with Gasteiger partial charge in [-0.05, 0) is 6.42 Å². The van der Waals surface area contributed by atoms with E-state index in [0.717, 1.165) is 26.1 Å². The molecule has 1 N–H and O–H groups in total. The van der Waals surface area contributed by atoms with E-state index >= 15 is 0 Å². The number of hydrogen-bond donors (Lipinski definition) is 1. The molecule has 1 aliphatic rings. The van der Waals surface area contributed by atoms with Crippen molar-refractivity contribution in [1.82, 2.24) is 4.90 Å². The Kier molecular flexibility index (Phi) is 23.0. The number of aliphatic carboxylic acids is 1. The fraction of sp³-hybridized carbons (Fsp3) is 0.920. The van der Waals surface area contributed by atoms with Crippen LogP contribution in [-0.4, -0.2) is 84.2 Å². The standard InChI is InChI=1S/C25H48N2O3.Na/c1-2-3-4-5-6-7-8-9-10-11-12-13-14-15-16-17-24-26-19-20-27(24)21-23-30-22-18-25(28)29;/h2-23H2,1H3,(H,28,29);. The summed E-state index contributed by atoms with van der Waals surface area (Å²) >= 11 is 0. The van der Waals surface area contributed by atoms with Gasteiger partial charge >= 0.3 is 5.97 Å². The van der Waals surface area contributed by atoms with Crippen molar-refractivity contribution in [3.8, 4) is 0 Å². The van der Waals surface area contributed by atoms with E-state index in [-0.39, 0.29) is 36.0 Å². The van der Waals surface area contributed by atoms with Crippen molar-refractivity contribution in [2.45, 2.75) is 116 Å². The Bertz CT molecular complexity index is 446. The number of hydrogen-bond acceptors (Lipinski definition) is 4. The number of carboxylic acid groups (broad SMARTS) is 1. The van der Waals surface area contributed by atoms with Crippen LogP contribution in [0, 0.1) is 0 Å². The van der Waals surface area contributed by atoms with Crippen LogP contribution in [0.2, 0.25) is 0 Å². The summed E-state index contributed by atoms with van der Waals surface area (Å²) in [6.45, 7) is 5.88. The minimum Gasteiger partial charge on any atom is -0.481 e. The van der Waals surface area contributed by atoms with Gasteiger partial charge in [-0.1, -0.05) is 96.8 Å². The summed E-state index contributed by atoms with van der Waals surface area (Å²) in [5.41, 5.74) is 0. The smallest absolute Gasteiger partial charge is 0.305 e. The predicted octanol–water partition coefficient (Wildman–Crippen LogP) is 6.07. The molecule has 1 radical (unpaired) electrons. The maximum Gasteiger partial charge on any atom is 0.305 e. The minimum absolute atomic E-state index is 0. The van der Waals surface area contributed by atoms with Gasteiger partial charge < -0.3 is 14.7 Å². The molecule has 177 valence electrons. The maximum absolute atomic E-state index is 10.5. The van der Waals surface area contributed by atoms with E-state index in [9.17, 15) is 4.79 Å². The van der Waals surface area contributed by atoms with Crippen LogP contribution < -0.4 is 0 Å². The van der Waals surface area contributed by atoms with Gasteiger partial charge in [-0.25, -0.2) is 0 Å². The van der Waals surface area contributed by atoms with Crippen LogP contribution in [0.1, 0.15) is 116 Å². The molecule has 1 rings (SSSR count). The van der Waals surface area contributed by atoms with E-state index in [1.807, 2.05) is 0 Å². The summed E-state index contributed by atoms with van der Waals surface area (Å²) in [5.74, 6) is 0.429. The van der Waals surface area contributed by atoms with Crippen LogP contribution in [0.4, 0.5) is 0 Å². The number of carbonyl (C=O) groups is 1. The van der Waals surface area contributed by atoms with Crippen molar-refractivity contribution >= 4 is 41.4 Å². The third kappa shape index (κ3) is 19.1. The third-order valence-corrected chi connectivity index (χ3v) is 6.00. The molecule has 0 aliphatic carbocycles. The van der Waals surface area contributed by atoms with Crippen LogP contribution in [0.25, 0.3) is 0 Å². The van der Waals surface area contributed by atoms with Gasteiger partial charge in [0.05, 0.1) is 32.0 Å². The van der Waals surface area contributed by atoms with Gasteiger partial charge in [-0.3, -0.25) is 9.79 Å². The summed E-state index contributed by atoms with van der Waals surface area (Å²) in [7, 11) is 0. The molecule has 0 amide bonds. The Morgan fingerprint density at radius 1 is 0.871 bits per heavy atom. The van der Waals surface area contributed by atoms with Gasteiger partial charge in [0.25, 0.3) is 0 Å². The molecule has 0 aromatic rings. The average Bonchev–Trinajstić information content (AvgIpc) is 3.17. The first-order valence-corrected chi connectivity index (χ1v) is 12.8. The third-order valence-electron chi connectivity index (χ3n) is 6.00. The summed E-state index contributed by atoms with van der Waals surface area (Å²) in [4.78, 5) is 17.4. The Balaban J connectivity index is 0.00000900. The number of carboxylic acids is 1. The molecule has 0 saturated carbocycles. The summed E-state index contributed by atoms with van der Waals surface area (Å²) < 4.78 is 5.41. The van der Waals surface area contributed by atoms with Crippen LogP contribution in [0.3, 0.4) is 0 Å². The van der Waals surface area contributed by atoms with Gasteiger partial charge in [-0.2, -0.15) is 0 Å². The minimum atomic E-state index is -0.799. The van der Waals surface area contributed by atoms with Gasteiger partial charge in [0, 0.05) is 49.1 Å². The quantitative estimate of drug-likeness (QED) is 0.162. The number of amidine groups is 1. The fourth-order valence-corrected chi connectivity index (χ4v) is 4.10. The first-order chi connectivity index (χ1) is 14.7. The molecular weight excluding hydrogens is 399 g/mol. The number of unbranched alkanes of at least 4 members (excludes halogenated alkanes) is 14. The van der Waals surface area contributed by atoms with E-state index in [1.54, 1.807) is 0 Å². The fourth-order valence-electron chi connectivity index (χ4n) is 4.10. The second-order valence-electron chi connectivity index (χ2n) is 8.74. The Labute approximate surface area is 214 Å². The molecule has 0 unspecified atom stereocenters. The van der Waals surface area contributed by atoms with Crippen molar-refractivity contribution in [3.63, 3.8) is 0 Å². The van der Waals surface area contributed by atoms with E-state index in [2.05, 4.69) is 16.8 Å². The normalized spacial score (nSPS) is 13.3. The molecule has 0 aromatic heterocycles. The molecule has 0 atom stereocenters. The SMILES string of the molecule is CCCCCCCCCCCCCCCCCC1=NCCN1CCOCCC(=O)O.[Na]. The molecular formula is C25H48N2NaO3. The van der Waals surface area contributed by atoms with Gasteiger partial charge in [0.2, 0.25) is 0 Å². The largest absolute Gasteiger partial charge is 0.481 e. The number of nitrogens with zero attached hydrogens (tertiary/aromatic N) is 2. The molecule has 5 nitrogen and oxygen atoms in total. The van der Waals surface area contributed by atoms with E-state index in [4.69, 9.17) is 9.84 Å². The Morgan fingerprint density at radius 3 is 1.90 bits per heavy atom. The molecule has 1 aliphatic heterocycles. The molecule has 0 fully saturated rings. The zero-order valence-corrected chi connectivity index (χ0v) is 22.7. The summed E-state index contributed by atoms with van der Waals surface area (Å²) in [5, 5.41) is 8.62. The van der Waals surface area contributed by atoms with E-state index in [0.29, 0.717) is 13.2 Å². The summed E-state index contributed by atoms with van der Waals surface area (Å²) in [6, 6.07) is 0. The van der Waals surface area contributed by atoms with Crippen LogP contribution >= 0.6 is 0 Å². The second-order valence-corrected chi connectivity index (χ2v) is 8.74. The second kappa shape index (κ2) is 23.1. The van der Waals surface area contributed by atoms with Crippen molar-refractivity contribution in [1.29, 1.82) is 0 Å². The molecule has 0 saturated heterocycles. The monoisotopic (exact) mass is 447 g/mol.